The fraction of sp³-hybridized carbons (Fsp3) is 0.105. The number of hydrogen-bond donors (Lipinski definition) is 0. The average Bonchev–Trinajstić information content (AvgIpc) is 3.18. The first kappa shape index (κ1) is 14.4. The van der Waals surface area contributed by atoms with Crippen LogP contribution in [0.5, 0.6) is 0 Å². The highest BCUT2D eigenvalue weighted by Crippen LogP contribution is 2.18. The molecule has 0 fully saturated rings. The fourth-order valence-electron chi connectivity index (χ4n) is 2.66. The molecule has 5 nitrogen and oxygen atoms in total. The predicted octanol–water partition coefficient (Wildman–Crippen LogP) is 3.61. The Morgan fingerprint density at radius 3 is 2.58 bits per heavy atom. The van der Waals surface area contributed by atoms with Gasteiger partial charge in [0.1, 0.15) is 5.82 Å². The number of rotatable bonds is 3. The zero-order chi connectivity index (χ0) is 16.5. The number of nitrogens with zero attached hydrogens (tertiary/aromatic N) is 5. The lowest BCUT2D eigenvalue weighted by Gasteiger charge is -1.92. The first-order valence-electron chi connectivity index (χ1n) is 7.79. The summed E-state index contributed by atoms with van der Waals surface area (Å²) in [7, 11) is 1.99. The summed E-state index contributed by atoms with van der Waals surface area (Å²) in [5.74, 6) is 1.54. The highest BCUT2D eigenvalue weighted by atomic mass is 15.3. The molecule has 1 aromatic carbocycles. The van der Waals surface area contributed by atoms with E-state index in [4.69, 9.17) is 0 Å². The van der Waals surface area contributed by atoms with Gasteiger partial charge in [0, 0.05) is 25.0 Å². The number of hydrogen-bond acceptors (Lipinski definition) is 3. The number of fused-ring (bicyclic) bond motifs is 1. The molecule has 118 valence electrons. The van der Waals surface area contributed by atoms with Gasteiger partial charge in [-0.05, 0) is 30.7 Å². The van der Waals surface area contributed by atoms with Crippen molar-refractivity contribution in [3.05, 3.63) is 72.1 Å². The number of benzene rings is 1. The van der Waals surface area contributed by atoms with Gasteiger partial charge in [-0.1, -0.05) is 36.4 Å². The third kappa shape index (κ3) is 2.60. The molecule has 0 aliphatic heterocycles. The van der Waals surface area contributed by atoms with Crippen LogP contribution in [0.2, 0.25) is 0 Å². The Morgan fingerprint density at radius 1 is 0.958 bits per heavy atom. The first-order valence-corrected chi connectivity index (χ1v) is 7.79. The highest BCUT2D eigenvalue weighted by Gasteiger charge is 2.06. The van der Waals surface area contributed by atoms with E-state index in [9.17, 15) is 0 Å². The summed E-state index contributed by atoms with van der Waals surface area (Å²) in [5.41, 5.74) is 4.04. The standard InChI is InChI=1S/C19H17N5/c1-14-7-6-12-24-19(14)21-17(22-24)10-11-18-20-16(13-23(18)2)15-8-4-3-5-9-15/h3-13H,1-2H3/b11-10+. The van der Waals surface area contributed by atoms with E-state index in [-0.39, 0.29) is 0 Å². The minimum atomic E-state index is 0.675. The van der Waals surface area contributed by atoms with Crippen molar-refractivity contribution in [3.8, 4) is 11.3 Å². The van der Waals surface area contributed by atoms with Gasteiger partial charge >= 0.3 is 0 Å². The average molecular weight is 315 g/mol. The van der Waals surface area contributed by atoms with Crippen LogP contribution in [0, 0.1) is 6.92 Å². The van der Waals surface area contributed by atoms with Gasteiger partial charge in [0.2, 0.25) is 0 Å². The summed E-state index contributed by atoms with van der Waals surface area (Å²) < 4.78 is 3.79. The predicted molar refractivity (Wildman–Crippen MR) is 95.3 cm³/mol. The molecule has 3 heterocycles. The van der Waals surface area contributed by atoms with E-state index >= 15 is 0 Å². The van der Waals surface area contributed by atoms with Crippen molar-refractivity contribution < 1.29 is 0 Å². The van der Waals surface area contributed by atoms with Gasteiger partial charge in [-0.3, -0.25) is 0 Å². The summed E-state index contributed by atoms with van der Waals surface area (Å²) >= 11 is 0. The van der Waals surface area contributed by atoms with Gasteiger partial charge in [-0.15, -0.1) is 5.10 Å². The van der Waals surface area contributed by atoms with Gasteiger partial charge in [-0.25, -0.2) is 14.5 Å². The van der Waals surface area contributed by atoms with Crippen molar-refractivity contribution in [1.29, 1.82) is 0 Å². The molecule has 0 saturated heterocycles. The number of aryl methyl sites for hydroxylation is 2. The van der Waals surface area contributed by atoms with Crippen LogP contribution in [0.3, 0.4) is 0 Å². The maximum Gasteiger partial charge on any atom is 0.175 e. The van der Waals surface area contributed by atoms with Crippen LogP contribution in [0.15, 0.2) is 54.9 Å². The smallest absolute Gasteiger partial charge is 0.175 e. The molecule has 0 N–H and O–H groups in total. The van der Waals surface area contributed by atoms with E-state index in [1.165, 1.54) is 0 Å². The summed E-state index contributed by atoms with van der Waals surface area (Å²) in [6, 6.07) is 14.2. The van der Waals surface area contributed by atoms with Crippen molar-refractivity contribution in [2.24, 2.45) is 7.05 Å². The second-order valence-corrected chi connectivity index (χ2v) is 5.72. The molecule has 0 aliphatic carbocycles. The molecule has 0 aliphatic rings. The molecule has 0 unspecified atom stereocenters. The SMILES string of the molecule is Cc1cccn2nc(/C=C/c3nc(-c4ccccc4)cn3C)nc12. The van der Waals surface area contributed by atoms with E-state index < -0.39 is 0 Å². The topological polar surface area (TPSA) is 48.0 Å². The summed E-state index contributed by atoms with van der Waals surface area (Å²) in [6.45, 7) is 2.03. The molecular formula is C19H17N5. The van der Waals surface area contributed by atoms with Gasteiger partial charge in [-0.2, -0.15) is 0 Å². The van der Waals surface area contributed by atoms with Gasteiger partial charge in [0.15, 0.2) is 11.5 Å². The zero-order valence-electron chi connectivity index (χ0n) is 13.6. The third-order valence-electron chi connectivity index (χ3n) is 3.94. The Kier molecular flexibility index (Phi) is 3.46. The van der Waals surface area contributed by atoms with Crippen LogP contribution in [-0.4, -0.2) is 24.1 Å². The molecule has 24 heavy (non-hydrogen) atoms. The molecule has 4 aromatic rings. The van der Waals surface area contributed by atoms with Crippen molar-refractivity contribution in [2.75, 3.05) is 0 Å². The maximum absolute atomic E-state index is 4.68. The molecule has 0 amide bonds. The van der Waals surface area contributed by atoms with Crippen LogP contribution in [0.25, 0.3) is 29.1 Å². The van der Waals surface area contributed by atoms with Gasteiger partial charge in [0.25, 0.3) is 0 Å². The Labute approximate surface area is 139 Å². The van der Waals surface area contributed by atoms with E-state index in [1.54, 1.807) is 4.52 Å². The van der Waals surface area contributed by atoms with Crippen LogP contribution < -0.4 is 0 Å². The maximum atomic E-state index is 4.68. The fourth-order valence-corrected chi connectivity index (χ4v) is 2.66. The van der Waals surface area contributed by atoms with Gasteiger partial charge < -0.3 is 4.57 Å². The Bertz CT molecular complexity index is 1020. The Balaban J connectivity index is 1.66. The van der Waals surface area contributed by atoms with Crippen molar-refractivity contribution in [3.63, 3.8) is 0 Å². The zero-order valence-corrected chi connectivity index (χ0v) is 13.6. The molecular weight excluding hydrogens is 298 g/mol. The van der Waals surface area contributed by atoms with Crippen molar-refractivity contribution in [1.82, 2.24) is 24.1 Å². The summed E-state index contributed by atoms with van der Waals surface area (Å²) in [4.78, 5) is 9.23. The Hall–Kier alpha value is -3.21. The number of aromatic nitrogens is 5. The largest absolute Gasteiger partial charge is 0.334 e. The number of pyridine rings is 1. The molecule has 0 radical (unpaired) electrons. The quantitative estimate of drug-likeness (QED) is 0.580. The molecule has 4 rings (SSSR count). The van der Waals surface area contributed by atoms with Crippen molar-refractivity contribution in [2.45, 2.75) is 6.92 Å². The Morgan fingerprint density at radius 2 is 1.79 bits per heavy atom. The molecule has 0 spiro atoms. The summed E-state index contributed by atoms with van der Waals surface area (Å²) in [6.07, 6.45) is 7.76. The van der Waals surface area contributed by atoms with Crippen LogP contribution in [0.4, 0.5) is 0 Å². The summed E-state index contributed by atoms with van der Waals surface area (Å²) in [5, 5.41) is 4.46. The third-order valence-corrected chi connectivity index (χ3v) is 3.94. The van der Waals surface area contributed by atoms with E-state index in [0.717, 1.165) is 28.3 Å². The number of imidazole rings is 1. The monoisotopic (exact) mass is 315 g/mol. The molecule has 3 aromatic heterocycles. The second-order valence-electron chi connectivity index (χ2n) is 5.72. The lowest BCUT2D eigenvalue weighted by molar-refractivity contribution is 0.897. The molecule has 0 atom stereocenters. The van der Waals surface area contributed by atoms with Crippen molar-refractivity contribution >= 4 is 17.8 Å². The van der Waals surface area contributed by atoms with Crippen LogP contribution in [-0.2, 0) is 7.05 Å². The lowest BCUT2D eigenvalue weighted by Crippen LogP contribution is -1.89. The minimum Gasteiger partial charge on any atom is -0.334 e. The van der Waals surface area contributed by atoms with E-state index in [2.05, 4.69) is 27.2 Å². The first-order chi connectivity index (χ1) is 11.7. The minimum absolute atomic E-state index is 0.675. The molecule has 5 heteroatoms. The van der Waals surface area contributed by atoms with Crippen LogP contribution >= 0.6 is 0 Å². The molecule has 0 saturated carbocycles. The van der Waals surface area contributed by atoms with E-state index in [0.29, 0.717) is 5.82 Å². The second kappa shape index (κ2) is 5.77. The lowest BCUT2D eigenvalue weighted by atomic mass is 10.2. The van der Waals surface area contributed by atoms with Crippen LogP contribution in [0.1, 0.15) is 17.2 Å². The van der Waals surface area contributed by atoms with E-state index in [1.807, 2.05) is 73.4 Å². The highest BCUT2D eigenvalue weighted by molar-refractivity contribution is 5.67. The van der Waals surface area contributed by atoms with Gasteiger partial charge in [0.05, 0.1) is 5.69 Å². The normalized spacial score (nSPS) is 11.6. The molecule has 0 bridgehead atoms.